The molecule has 0 aliphatic heterocycles. The first-order valence-electron chi connectivity index (χ1n) is 9.60. The molecular formula is C24H24Cl2N2O2. The Kier molecular flexibility index (Phi) is 7.24. The van der Waals surface area contributed by atoms with Gasteiger partial charge in [-0.3, -0.25) is 4.79 Å². The van der Waals surface area contributed by atoms with Crippen LogP contribution in [0.5, 0.6) is 5.75 Å². The summed E-state index contributed by atoms with van der Waals surface area (Å²) in [4.78, 5) is 12.2. The van der Waals surface area contributed by atoms with Crippen molar-refractivity contribution >= 4 is 40.5 Å². The Bertz CT molecular complexity index is 1070. The van der Waals surface area contributed by atoms with Crippen molar-refractivity contribution in [2.75, 3.05) is 17.2 Å². The predicted octanol–water partition coefficient (Wildman–Crippen LogP) is 6.55. The Morgan fingerprint density at radius 1 is 0.900 bits per heavy atom. The lowest BCUT2D eigenvalue weighted by Crippen LogP contribution is -2.20. The van der Waals surface area contributed by atoms with E-state index in [1.54, 1.807) is 6.07 Å². The van der Waals surface area contributed by atoms with Crippen molar-refractivity contribution in [1.29, 1.82) is 0 Å². The zero-order valence-corrected chi connectivity index (χ0v) is 18.7. The number of aryl methyl sites for hydroxylation is 3. The lowest BCUT2D eigenvalue weighted by molar-refractivity contribution is -0.118. The number of ether oxygens (including phenoxy) is 1. The summed E-state index contributed by atoms with van der Waals surface area (Å²) in [6, 6.07) is 17.3. The normalized spacial score (nSPS) is 10.6. The monoisotopic (exact) mass is 442 g/mol. The molecule has 30 heavy (non-hydrogen) atoms. The van der Waals surface area contributed by atoms with Crippen LogP contribution in [0.3, 0.4) is 0 Å². The van der Waals surface area contributed by atoms with Crippen molar-refractivity contribution in [3.63, 3.8) is 0 Å². The highest BCUT2D eigenvalue weighted by Gasteiger charge is 2.09. The number of amides is 1. The van der Waals surface area contributed by atoms with Gasteiger partial charge in [0.2, 0.25) is 0 Å². The highest BCUT2D eigenvalue weighted by molar-refractivity contribution is 6.32. The smallest absolute Gasteiger partial charge is 0.262 e. The zero-order chi connectivity index (χ0) is 21.7. The van der Waals surface area contributed by atoms with Crippen LogP contribution in [-0.4, -0.2) is 12.5 Å². The molecule has 3 aromatic rings. The Labute approximate surface area is 187 Å². The molecule has 0 atom stereocenters. The van der Waals surface area contributed by atoms with Gasteiger partial charge < -0.3 is 15.4 Å². The maximum Gasteiger partial charge on any atom is 0.262 e. The fourth-order valence-corrected chi connectivity index (χ4v) is 3.32. The number of halogens is 2. The van der Waals surface area contributed by atoms with Gasteiger partial charge in [-0.1, -0.05) is 47.5 Å². The molecule has 0 spiro atoms. The van der Waals surface area contributed by atoms with E-state index >= 15 is 0 Å². The van der Waals surface area contributed by atoms with E-state index in [9.17, 15) is 4.79 Å². The first kappa shape index (κ1) is 22.0. The molecule has 0 saturated heterocycles. The van der Waals surface area contributed by atoms with E-state index in [4.69, 9.17) is 27.9 Å². The van der Waals surface area contributed by atoms with Gasteiger partial charge in [-0.05, 0) is 73.4 Å². The minimum Gasteiger partial charge on any atom is -0.482 e. The number of anilines is 2. The quantitative estimate of drug-likeness (QED) is 0.436. The van der Waals surface area contributed by atoms with E-state index in [0.29, 0.717) is 17.3 Å². The van der Waals surface area contributed by atoms with Crippen LogP contribution >= 0.6 is 23.2 Å². The molecular weight excluding hydrogens is 419 g/mol. The van der Waals surface area contributed by atoms with E-state index in [1.165, 1.54) is 0 Å². The second-order valence-electron chi connectivity index (χ2n) is 7.24. The van der Waals surface area contributed by atoms with Crippen LogP contribution in [0.4, 0.5) is 11.4 Å². The van der Waals surface area contributed by atoms with Crippen LogP contribution in [-0.2, 0) is 11.3 Å². The molecule has 3 aromatic carbocycles. The molecule has 2 N–H and O–H groups in total. The predicted molar refractivity (Wildman–Crippen MR) is 125 cm³/mol. The molecule has 1 amide bonds. The van der Waals surface area contributed by atoms with Crippen molar-refractivity contribution in [2.45, 2.75) is 27.3 Å². The molecule has 0 aromatic heterocycles. The van der Waals surface area contributed by atoms with Gasteiger partial charge in [0.25, 0.3) is 5.91 Å². The molecule has 0 radical (unpaired) electrons. The second kappa shape index (κ2) is 9.88. The van der Waals surface area contributed by atoms with Gasteiger partial charge >= 0.3 is 0 Å². The van der Waals surface area contributed by atoms with E-state index in [2.05, 4.69) is 10.6 Å². The van der Waals surface area contributed by atoms with Gasteiger partial charge in [-0.2, -0.15) is 0 Å². The summed E-state index contributed by atoms with van der Waals surface area (Å²) in [5.41, 5.74) is 5.82. The Morgan fingerprint density at radius 2 is 1.67 bits per heavy atom. The average Bonchev–Trinajstić information content (AvgIpc) is 2.71. The molecule has 4 nitrogen and oxygen atoms in total. The summed E-state index contributed by atoms with van der Waals surface area (Å²) in [7, 11) is 0. The molecule has 156 valence electrons. The first-order valence-corrected chi connectivity index (χ1v) is 10.4. The number of rotatable bonds is 7. The number of hydrogen-bond acceptors (Lipinski definition) is 3. The van der Waals surface area contributed by atoms with Gasteiger partial charge in [-0.25, -0.2) is 0 Å². The van der Waals surface area contributed by atoms with Crippen molar-refractivity contribution in [3.05, 3.63) is 86.9 Å². The summed E-state index contributed by atoms with van der Waals surface area (Å²) < 4.78 is 5.61. The van der Waals surface area contributed by atoms with Crippen LogP contribution in [0, 0.1) is 20.8 Å². The summed E-state index contributed by atoms with van der Waals surface area (Å²) in [6.07, 6.45) is 0. The highest BCUT2D eigenvalue weighted by atomic mass is 35.5. The third-order valence-corrected chi connectivity index (χ3v) is 5.39. The summed E-state index contributed by atoms with van der Waals surface area (Å²) in [6.45, 7) is 6.37. The molecule has 3 rings (SSSR count). The zero-order valence-electron chi connectivity index (χ0n) is 17.2. The minimum absolute atomic E-state index is 0.118. The van der Waals surface area contributed by atoms with Crippen molar-refractivity contribution in [3.8, 4) is 5.75 Å². The van der Waals surface area contributed by atoms with Gasteiger partial charge in [0.1, 0.15) is 5.75 Å². The summed E-state index contributed by atoms with van der Waals surface area (Å²) in [5, 5.41) is 7.36. The fourth-order valence-electron chi connectivity index (χ4n) is 2.88. The molecule has 6 heteroatoms. The Balaban J connectivity index is 1.55. The molecule has 0 heterocycles. The van der Waals surface area contributed by atoms with Gasteiger partial charge in [0.05, 0.1) is 5.02 Å². The van der Waals surface area contributed by atoms with Crippen LogP contribution < -0.4 is 15.4 Å². The maximum absolute atomic E-state index is 12.2. The second-order valence-corrected chi connectivity index (χ2v) is 8.05. The molecule has 0 bridgehead atoms. The standard InChI is InChI=1S/C24H24Cl2N2O2/c1-15-4-5-17(3)22(10-15)28-24(29)14-30-23-9-7-18(11-21(23)26)13-27-19-8-6-16(2)20(25)12-19/h4-12,27H,13-14H2,1-3H3,(H,28,29). The molecule has 0 unspecified atom stereocenters. The molecule has 0 aliphatic rings. The third-order valence-electron chi connectivity index (χ3n) is 4.69. The highest BCUT2D eigenvalue weighted by Crippen LogP contribution is 2.27. The fraction of sp³-hybridized carbons (Fsp3) is 0.208. The van der Waals surface area contributed by atoms with Gasteiger partial charge in [-0.15, -0.1) is 0 Å². The number of carbonyl (C=O) groups is 1. The molecule has 0 aliphatic carbocycles. The largest absolute Gasteiger partial charge is 0.482 e. The number of benzene rings is 3. The lowest BCUT2D eigenvalue weighted by atomic mass is 10.1. The van der Waals surface area contributed by atoms with Crippen LogP contribution in [0.2, 0.25) is 10.0 Å². The average molecular weight is 443 g/mol. The molecule has 0 fully saturated rings. The molecule has 0 saturated carbocycles. The number of carbonyl (C=O) groups excluding carboxylic acids is 1. The first-order chi connectivity index (χ1) is 14.3. The van der Waals surface area contributed by atoms with Gasteiger partial charge in [0.15, 0.2) is 6.61 Å². The van der Waals surface area contributed by atoms with Gasteiger partial charge in [0, 0.05) is 22.9 Å². The van der Waals surface area contributed by atoms with Crippen molar-refractivity contribution in [2.24, 2.45) is 0 Å². The summed E-state index contributed by atoms with van der Waals surface area (Å²) in [5.74, 6) is 0.233. The van der Waals surface area contributed by atoms with E-state index in [1.807, 2.05) is 69.3 Å². The Hall–Kier alpha value is -2.69. The number of hydrogen-bond donors (Lipinski definition) is 2. The topological polar surface area (TPSA) is 50.4 Å². The van der Waals surface area contributed by atoms with Crippen molar-refractivity contribution in [1.82, 2.24) is 0 Å². The van der Waals surface area contributed by atoms with Crippen LogP contribution in [0.1, 0.15) is 22.3 Å². The SMILES string of the molecule is Cc1ccc(C)c(NC(=O)COc2ccc(CNc3ccc(C)c(Cl)c3)cc2Cl)c1. The Morgan fingerprint density at radius 3 is 2.40 bits per heavy atom. The third kappa shape index (κ3) is 5.91. The van der Waals surface area contributed by atoms with E-state index in [0.717, 1.165) is 38.7 Å². The van der Waals surface area contributed by atoms with Crippen LogP contribution in [0.25, 0.3) is 0 Å². The van der Waals surface area contributed by atoms with E-state index < -0.39 is 0 Å². The number of nitrogens with one attached hydrogen (secondary N) is 2. The van der Waals surface area contributed by atoms with Crippen molar-refractivity contribution < 1.29 is 9.53 Å². The van der Waals surface area contributed by atoms with Crippen LogP contribution in [0.15, 0.2) is 54.6 Å². The van der Waals surface area contributed by atoms with E-state index in [-0.39, 0.29) is 12.5 Å². The minimum atomic E-state index is -0.234. The summed E-state index contributed by atoms with van der Waals surface area (Å²) >= 11 is 12.5. The lowest BCUT2D eigenvalue weighted by Gasteiger charge is -2.12. The maximum atomic E-state index is 12.2.